The van der Waals surface area contributed by atoms with Crippen LogP contribution in [0.4, 0.5) is 8.78 Å². The Kier molecular flexibility index (Phi) is 7.87. The van der Waals surface area contributed by atoms with Crippen LogP contribution in [0.1, 0.15) is 27.3 Å². The second-order valence-electron chi connectivity index (χ2n) is 8.69. The molecule has 0 saturated heterocycles. The van der Waals surface area contributed by atoms with E-state index in [0.29, 0.717) is 34.3 Å². The number of hydrogen-bond donors (Lipinski definition) is 1. The molecule has 2 aromatic carbocycles. The molecular formula is C28H22ClF2N3O4S. The number of nitrogens with zero attached hydrogens (tertiary/aromatic N) is 3. The molecule has 0 radical (unpaired) electrons. The zero-order valence-corrected chi connectivity index (χ0v) is 22.2. The summed E-state index contributed by atoms with van der Waals surface area (Å²) in [6.45, 7) is 0.935. The van der Waals surface area contributed by atoms with Gasteiger partial charge in [-0.3, -0.25) is 0 Å². The molecule has 5 aromatic rings. The Labute approximate surface area is 231 Å². The van der Waals surface area contributed by atoms with Crippen molar-refractivity contribution in [3.05, 3.63) is 98.5 Å². The Morgan fingerprint density at radius 2 is 1.95 bits per heavy atom. The van der Waals surface area contributed by atoms with Crippen molar-refractivity contribution in [2.75, 3.05) is 13.7 Å². The third-order valence-corrected chi connectivity index (χ3v) is 7.23. The van der Waals surface area contributed by atoms with Gasteiger partial charge in [0.25, 0.3) is 0 Å². The third-order valence-electron chi connectivity index (χ3n) is 6.09. The lowest BCUT2D eigenvalue weighted by Gasteiger charge is -2.12. The third kappa shape index (κ3) is 5.93. The Morgan fingerprint density at radius 1 is 1.10 bits per heavy atom. The predicted octanol–water partition coefficient (Wildman–Crippen LogP) is 6.61. The van der Waals surface area contributed by atoms with Crippen molar-refractivity contribution in [3.8, 4) is 17.1 Å². The number of carboxylic acids is 1. The molecule has 0 amide bonds. The number of aromatic carboxylic acids is 1. The molecule has 3 heterocycles. The summed E-state index contributed by atoms with van der Waals surface area (Å²) in [6.07, 6.45) is -0.0103. The molecule has 0 bridgehead atoms. The van der Waals surface area contributed by atoms with E-state index in [1.54, 1.807) is 42.0 Å². The van der Waals surface area contributed by atoms with Crippen molar-refractivity contribution in [1.29, 1.82) is 0 Å². The first-order valence-corrected chi connectivity index (χ1v) is 13.1. The topological polar surface area (TPSA) is 86.5 Å². The normalized spacial score (nSPS) is 11.3. The van der Waals surface area contributed by atoms with Crippen molar-refractivity contribution >= 4 is 39.9 Å². The number of fused-ring (bicyclic) bond motifs is 1. The molecule has 7 nitrogen and oxygen atoms in total. The zero-order valence-electron chi connectivity index (χ0n) is 20.7. The first kappa shape index (κ1) is 26.7. The van der Waals surface area contributed by atoms with Crippen LogP contribution in [0.3, 0.4) is 0 Å². The zero-order chi connectivity index (χ0) is 27.5. The van der Waals surface area contributed by atoms with Gasteiger partial charge >= 0.3 is 5.97 Å². The van der Waals surface area contributed by atoms with Crippen molar-refractivity contribution in [2.45, 2.75) is 19.6 Å². The summed E-state index contributed by atoms with van der Waals surface area (Å²) in [5.41, 5.74) is 2.44. The summed E-state index contributed by atoms with van der Waals surface area (Å²) < 4.78 is 43.9. The van der Waals surface area contributed by atoms with E-state index in [1.807, 2.05) is 5.38 Å². The van der Waals surface area contributed by atoms with E-state index in [-0.39, 0.29) is 41.3 Å². The number of thiophene rings is 1. The summed E-state index contributed by atoms with van der Waals surface area (Å²) in [7, 11) is 1.54. The molecule has 0 spiro atoms. The minimum atomic E-state index is -1.07. The van der Waals surface area contributed by atoms with Crippen LogP contribution in [0.15, 0.2) is 60.0 Å². The SMILES string of the molecule is COCCn1c(Cc2cc(F)c(-c3cccc(OCc4csc(Cl)c4)n3)cc2F)nc2ccc(C(=O)O)cc21. The minimum Gasteiger partial charge on any atom is -0.478 e. The fourth-order valence-corrected chi connectivity index (χ4v) is 5.08. The van der Waals surface area contributed by atoms with Gasteiger partial charge in [-0.25, -0.2) is 23.5 Å². The van der Waals surface area contributed by atoms with Crippen LogP contribution in [0, 0.1) is 11.6 Å². The van der Waals surface area contributed by atoms with Crippen molar-refractivity contribution < 1.29 is 28.2 Å². The lowest BCUT2D eigenvalue weighted by Crippen LogP contribution is -2.10. The number of carboxylic acid groups (broad SMARTS) is 1. The fourth-order valence-electron chi connectivity index (χ4n) is 4.19. The number of pyridine rings is 1. The van der Waals surface area contributed by atoms with E-state index >= 15 is 8.78 Å². The molecule has 0 fully saturated rings. The van der Waals surface area contributed by atoms with Gasteiger partial charge in [-0.15, -0.1) is 11.3 Å². The van der Waals surface area contributed by atoms with Gasteiger partial charge in [0.15, 0.2) is 0 Å². The average molecular weight is 570 g/mol. The second-order valence-corrected chi connectivity index (χ2v) is 10.2. The number of benzene rings is 2. The Balaban J connectivity index is 1.42. The van der Waals surface area contributed by atoms with Crippen molar-refractivity contribution in [1.82, 2.24) is 14.5 Å². The molecule has 0 aliphatic carbocycles. The number of ether oxygens (including phenoxy) is 2. The number of carbonyl (C=O) groups is 1. The van der Waals surface area contributed by atoms with Gasteiger partial charge in [0.1, 0.15) is 24.1 Å². The maximum atomic E-state index is 15.3. The van der Waals surface area contributed by atoms with Crippen molar-refractivity contribution in [2.24, 2.45) is 0 Å². The first-order chi connectivity index (χ1) is 18.8. The van der Waals surface area contributed by atoms with Crippen LogP contribution in [0.5, 0.6) is 5.88 Å². The highest BCUT2D eigenvalue weighted by Gasteiger charge is 2.18. The molecule has 0 unspecified atom stereocenters. The van der Waals surface area contributed by atoms with E-state index in [9.17, 15) is 9.90 Å². The van der Waals surface area contributed by atoms with Gasteiger partial charge in [0, 0.05) is 37.3 Å². The minimum absolute atomic E-state index is 0.000682. The molecule has 5 rings (SSSR count). The van der Waals surface area contributed by atoms with E-state index in [4.69, 9.17) is 21.1 Å². The van der Waals surface area contributed by atoms with Crippen LogP contribution < -0.4 is 4.74 Å². The smallest absolute Gasteiger partial charge is 0.335 e. The van der Waals surface area contributed by atoms with Gasteiger partial charge in [-0.2, -0.15) is 0 Å². The highest BCUT2D eigenvalue weighted by atomic mass is 35.5. The lowest BCUT2D eigenvalue weighted by molar-refractivity contribution is 0.0697. The number of aromatic nitrogens is 3. The first-order valence-electron chi connectivity index (χ1n) is 11.8. The molecule has 1 N–H and O–H groups in total. The Hall–Kier alpha value is -3.86. The monoisotopic (exact) mass is 569 g/mol. The van der Waals surface area contributed by atoms with Gasteiger partial charge in [-0.1, -0.05) is 17.7 Å². The quantitative estimate of drug-likeness (QED) is 0.204. The molecule has 0 aliphatic heterocycles. The highest BCUT2D eigenvalue weighted by Crippen LogP contribution is 2.28. The predicted molar refractivity (Wildman–Crippen MR) is 145 cm³/mol. The van der Waals surface area contributed by atoms with E-state index < -0.39 is 17.6 Å². The molecule has 39 heavy (non-hydrogen) atoms. The largest absolute Gasteiger partial charge is 0.478 e. The highest BCUT2D eigenvalue weighted by molar-refractivity contribution is 7.14. The number of methoxy groups -OCH3 is 1. The summed E-state index contributed by atoms with van der Waals surface area (Å²) in [4.78, 5) is 20.4. The summed E-state index contributed by atoms with van der Waals surface area (Å²) >= 11 is 7.34. The molecule has 11 heteroatoms. The fraction of sp³-hybridized carbons (Fsp3) is 0.179. The molecule has 200 valence electrons. The van der Waals surface area contributed by atoms with Gasteiger partial charge < -0.3 is 19.1 Å². The maximum Gasteiger partial charge on any atom is 0.335 e. The summed E-state index contributed by atoms with van der Waals surface area (Å²) in [6, 6.07) is 13.5. The maximum absolute atomic E-state index is 15.3. The van der Waals surface area contributed by atoms with Gasteiger partial charge in [-0.05, 0) is 53.4 Å². The number of hydrogen-bond acceptors (Lipinski definition) is 6. The van der Waals surface area contributed by atoms with E-state index in [0.717, 1.165) is 17.7 Å². The van der Waals surface area contributed by atoms with Crippen LogP contribution in [0.25, 0.3) is 22.3 Å². The molecule has 0 saturated carbocycles. The summed E-state index contributed by atoms with van der Waals surface area (Å²) in [5, 5.41) is 11.2. The Bertz CT molecular complexity index is 1670. The van der Waals surface area contributed by atoms with E-state index in [1.165, 1.54) is 23.5 Å². The number of imidazole rings is 1. The van der Waals surface area contributed by atoms with Crippen LogP contribution >= 0.6 is 22.9 Å². The number of halogens is 3. The van der Waals surface area contributed by atoms with Gasteiger partial charge in [0.05, 0.1) is 33.2 Å². The molecule has 3 aromatic heterocycles. The molecule has 0 atom stereocenters. The van der Waals surface area contributed by atoms with Crippen LogP contribution in [0.2, 0.25) is 4.34 Å². The van der Waals surface area contributed by atoms with Crippen LogP contribution in [-0.4, -0.2) is 39.3 Å². The van der Waals surface area contributed by atoms with E-state index in [2.05, 4.69) is 9.97 Å². The lowest BCUT2D eigenvalue weighted by atomic mass is 10.0. The Morgan fingerprint density at radius 3 is 2.69 bits per heavy atom. The summed E-state index contributed by atoms with van der Waals surface area (Å²) in [5.74, 6) is -1.61. The van der Waals surface area contributed by atoms with Crippen molar-refractivity contribution in [3.63, 3.8) is 0 Å². The van der Waals surface area contributed by atoms with Gasteiger partial charge in [0.2, 0.25) is 5.88 Å². The number of rotatable bonds is 10. The molecule has 0 aliphatic rings. The molecular weight excluding hydrogens is 548 g/mol. The average Bonchev–Trinajstić information content (AvgIpc) is 3.50. The standard InChI is InChI=1S/C28H22ClF2N3O4S/c1-37-8-7-34-24-11-17(28(35)36)5-6-23(24)32-26(34)12-18-10-21(31)19(13-20(18)30)22-3-2-4-27(33-22)38-14-16-9-25(29)39-15-16/h2-6,9-11,13,15H,7-8,12,14H2,1H3,(H,35,36). The van der Waals surface area contributed by atoms with Crippen LogP contribution in [-0.2, 0) is 24.3 Å². The second kappa shape index (κ2) is 11.5.